The number of hydrogen-bond donors (Lipinski definition) is 3. The molecule has 0 aliphatic rings. The fourth-order valence-electron chi connectivity index (χ4n) is 1.53. The first kappa shape index (κ1) is 14.9. The third-order valence-electron chi connectivity index (χ3n) is 2.60. The van der Waals surface area contributed by atoms with E-state index in [1.54, 1.807) is 24.3 Å². The summed E-state index contributed by atoms with van der Waals surface area (Å²) in [6.07, 6.45) is 1.97. The third kappa shape index (κ3) is 4.64. The molecule has 4 N–H and O–H groups in total. The van der Waals surface area contributed by atoms with Gasteiger partial charge in [0.25, 0.3) is 0 Å². The smallest absolute Gasteiger partial charge is 0.240 e. The predicted octanol–water partition coefficient (Wildman–Crippen LogP) is 1.13. The topological polar surface area (TPSA) is 84.2 Å². The largest absolute Gasteiger partial charge is 0.385 e. The SMILES string of the molecule is CNS(=O)(=O)c1ccc(NCCCC(C)N)cc1. The Hall–Kier alpha value is -1.11. The fraction of sp³-hybridized carbons (Fsp3) is 0.500. The van der Waals surface area contributed by atoms with Gasteiger partial charge in [-0.1, -0.05) is 0 Å². The van der Waals surface area contributed by atoms with Crippen LogP contribution in [-0.4, -0.2) is 28.1 Å². The van der Waals surface area contributed by atoms with E-state index < -0.39 is 10.0 Å². The zero-order chi connectivity index (χ0) is 13.6. The van der Waals surface area contributed by atoms with Gasteiger partial charge in [0.1, 0.15) is 0 Å². The molecule has 0 aliphatic carbocycles. The fourth-order valence-corrected chi connectivity index (χ4v) is 2.26. The van der Waals surface area contributed by atoms with Gasteiger partial charge in [-0.2, -0.15) is 0 Å². The van der Waals surface area contributed by atoms with Gasteiger partial charge in [0.15, 0.2) is 0 Å². The van der Waals surface area contributed by atoms with Crippen LogP contribution in [0.15, 0.2) is 29.2 Å². The zero-order valence-electron chi connectivity index (χ0n) is 10.8. The minimum absolute atomic E-state index is 0.218. The van der Waals surface area contributed by atoms with Crippen molar-refractivity contribution in [3.05, 3.63) is 24.3 Å². The van der Waals surface area contributed by atoms with E-state index in [1.165, 1.54) is 7.05 Å². The quantitative estimate of drug-likeness (QED) is 0.649. The van der Waals surface area contributed by atoms with Crippen molar-refractivity contribution in [1.29, 1.82) is 0 Å². The number of rotatable bonds is 7. The average molecular weight is 271 g/mol. The van der Waals surface area contributed by atoms with Gasteiger partial charge in [-0.15, -0.1) is 0 Å². The Morgan fingerprint density at radius 2 is 1.89 bits per heavy atom. The molecule has 6 heteroatoms. The zero-order valence-corrected chi connectivity index (χ0v) is 11.6. The molecule has 0 bridgehead atoms. The molecule has 0 spiro atoms. The normalized spacial score (nSPS) is 13.3. The van der Waals surface area contributed by atoms with Crippen LogP contribution in [0.1, 0.15) is 19.8 Å². The summed E-state index contributed by atoms with van der Waals surface area (Å²) in [4.78, 5) is 0.270. The molecule has 0 saturated carbocycles. The molecule has 1 aromatic carbocycles. The number of hydrogen-bond acceptors (Lipinski definition) is 4. The summed E-state index contributed by atoms with van der Waals surface area (Å²) >= 11 is 0. The Balaban J connectivity index is 2.51. The molecule has 5 nitrogen and oxygen atoms in total. The summed E-state index contributed by atoms with van der Waals surface area (Å²) < 4.78 is 25.3. The summed E-state index contributed by atoms with van der Waals surface area (Å²) in [6, 6.07) is 6.90. The van der Waals surface area contributed by atoms with Crippen LogP contribution in [0.3, 0.4) is 0 Å². The minimum Gasteiger partial charge on any atom is -0.385 e. The maximum atomic E-state index is 11.5. The van der Waals surface area contributed by atoms with Gasteiger partial charge in [-0.25, -0.2) is 13.1 Å². The molecule has 0 radical (unpaired) electrons. The van der Waals surface area contributed by atoms with Gasteiger partial charge in [0, 0.05) is 18.3 Å². The molecule has 0 aliphatic heterocycles. The van der Waals surface area contributed by atoms with Gasteiger partial charge in [-0.05, 0) is 51.1 Å². The molecule has 0 amide bonds. The summed E-state index contributed by atoms with van der Waals surface area (Å²) in [5.74, 6) is 0. The van der Waals surface area contributed by atoms with E-state index in [2.05, 4.69) is 10.0 Å². The van der Waals surface area contributed by atoms with Crippen molar-refractivity contribution >= 4 is 15.7 Å². The first-order valence-electron chi connectivity index (χ1n) is 5.99. The van der Waals surface area contributed by atoms with E-state index in [0.29, 0.717) is 0 Å². The maximum absolute atomic E-state index is 11.5. The summed E-state index contributed by atoms with van der Waals surface area (Å²) in [7, 11) is -1.95. The van der Waals surface area contributed by atoms with Crippen molar-refractivity contribution in [1.82, 2.24) is 4.72 Å². The lowest BCUT2D eigenvalue weighted by atomic mass is 10.2. The van der Waals surface area contributed by atoms with Crippen molar-refractivity contribution in [3.8, 4) is 0 Å². The van der Waals surface area contributed by atoms with Crippen LogP contribution >= 0.6 is 0 Å². The highest BCUT2D eigenvalue weighted by molar-refractivity contribution is 7.89. The Labute approximate surface area is 109 Å². The van der Waals surface area contributed by atoms with E-state index in [1.807, 2.05) is 6.92 Å². The van der Waals surface area contributed by atoms with Gasteiger partial charge in [-0.3, -0.25) is 0 Å². The van der Waals surface area contributed by atoms with Crippen LogP contribution in [0.5, 0.6) is 0 Å². The van der Waals surface area contributed by atoms with Crippen LogP contribution in [-0.2, 0) is 10.0 Å². The summed E-state index contributed by atoms with van der Waals surface area (Å²) in [5.41, 5.74) is 6.57. The van der Waals surface area contributed by atoms with Crippen molar-refractivity contribution in [2.24, 2.45) is 5.73 Å². The lowest BCUT2D eigenvalue weighted by molar-refractivity contribution is 0.588. The molecule has 1 aromatic rings. The molecule has 0 saturated heterocycles. The van der Waals surface area contributed by atoms with Gasteiger partial charge < -0.3 is 11.1 Å². The first-order chi connectivity index (χ1) is 8.45. The van der Waals surface area contributed by atoms with Gasteiger partial charge in [0.05, 0.1) is 4.90 Å². The molecule has 0 aromatic heterocycles. The monoisotopic (exact) mass is 271 g/mol. The van der Waals surface area contributed by atoms with Crippen molar-refractivity contribution in [2.45, 2.75) is 30.7 Å². The second-order valence-electron chi connectivity index (χ2n) is 4.28. The molecule has 102 valence electrons. The molecule has 1 unspecified atom stereocenters. The van der Waals surface area contributed by atoms with E-state index in [9.17, 15) is 8.42 Å². The number of nitrogens with two attached hydrogens (primary N) is 1. The van der Waals surface area contributed by atoms with Crippen molar-refractivity contribution in [3.63, 3.8) is 0 Å². The highest BCUT2D eigenvalue weighted by atomic mass is 32.2. The van der Waals surface area contributed by atoms with E-state index in [0.717, 1.165) is 25.1 Å². The number of anilines is 1. The lowest BCUT2D eigenvalue weighted by Crippen LogP contribution is -2.18. The van der Waals surface area contributed by atoms with Crippen molar-refractivity contribution in [2.75, 3.05) is 18.9 Å². The molecule has 18 heavy (non-hydrogen) atoms. The molecular weight excluding hydrogens is 250 g/mol. The Bertz CT molecular complexity index is 455. The number of benzene rings is 1. The van der Waals surface area contributed by atoms with Crippen LogP contribution in [0.2, 0.25) is 0 Å². The highest BCUT2D eigenvalue weighted by Gasteiger charge is 2.09. The Morgan fingerprint density at radius 3 is 2.39 bits per heavy atom. The molecule has 0 fully saturated rings. The number of sulfonamides is 1. The molecule has 1 atom stereocenters. The van der Waals surface area contributed by atoms with E-state index in [4.69, 9.17) is 5.73 Å². The van der Waals surface area contributed by atoms with E-state index >= 15 is 0 Å². The van der Waals surface area contributed by atoms with Crippen LogP contribution in [0, 0.1) is 0 Å². The van der Waals surface area contributed by atoms with Crippen molar-refractivity contribution < 1.29 is 8.42 Å². The first-order valence-corrected chi connectivity index (χ1v) is 7.47. The Morgan fingerprint density at radius 1 is 1.28 bits per heavy atom. The van der Waals surface area contributed by atoms with Gasteiger partial charge in [0.2, 0.25) is 10.0 Å². The second-order valence-corrected chi connectivity index (χ2v) is 6.16. The Kier molecular flexibility index (Phi) is 5.58. The van der Waals surface area contributed by atoms with Crippen LogP contribution in [0.4, 0.5) is 5.69 Å². The summed E-state index contributed by atoms with van der Waals surface area (Å²) in [5, 5.41) is 3.23. The average Bonchev–Trinajstić information content (AvgIpc) is 2.35. The van der Waals surface area contributed by atoms with Gasteiger partial charge >= 0.3 is 0 Å². The third-order valence-corrected chi connectivity index (χ3v) is 4.03. The van der Waals surface area contributed by atoms with Crippen LogP contribution < -0.4 is 15.8 Å². The predicted molar refractivity (Wildman–Crippen MR) is 74.1 cm³/mol. The molecular formula is C12H21N3O2S. The summed E-state index contributed by atoms with van der Waals surface area (Å²) in [6.45, 7) is 2.82. The highest BCUT2D eigenvalue weighted by Crippen LogP contribution is 2.13. The number of nitrogens with one attached hydrogen (secondary N) is 2. The van der Waals surface area contributed by atoms with E-state index in [-0.39, 0.29) is 10.9 Å². The lowest BCUT2D eigenvalue weighted by Gasteiger charge is -2.09. The molecule has 1 rings (SSSR count). The minimum atomic E-state index is -3.35. The van der Waals surface area contributed by atoms with Crippen LogP contribution in [0.25, 0.3) is 0 Å². The second kappa shape index (κ2) is 6.72. The molecule has 0 heterocycles. The maximum Gasteiger partial charge on any atom is 0.240 e. The standard InChI is InChI=1S/C12H21N3O2S/c1-10(13)4-3-9-15-11-5-7-12(8-6-11)18(16,17)14-2/h5-8,10,14-15H,3-4,9,13H2,1-2H3.